The van der Waals surface area contributed by atoms with E-state index in [0.717, 1.165) is 0 Å². The van der Waals surface area contributed by atoms with Gasteiger partial charge in [0.2, 0.25) is 5.91 Å². The van der Waals surface area contributed by atoms with Crippen LogP contribution in [0.3, 0.4) is 0 Å². The molecule has 0 aromatic rings. The summed E-state index contributed by atoms with van der Waals surface area (Å²) in [7, 11) is 1.54. The van der Waals surface area contributed by atoms with Gasteiger partial charge in [0.05, 0.1) is 6.61 Å². The molecular weight excluding hydrogens is 174 g/mol. The van der Waals surface area contributed by atoms with Gasteiger partial charge in [-0.2, -0.15) is 0 Å². The summed E-state index contributed by atoms with van der Waals surface area (Å²) in [4.78, 5) is 22.9. The quantitative estimate of drug-likeness (QED) is 0.595. The van der Waals surface area contributed by atoms with E-state index in [9.17, 15) is 9.59 Å². The largest absolute Gasteiger partial charge is 0.481 e. The van der Waals surface area contributed by atoms with Crippen molar-refractivity contribution >= 4 is 11.9 Å². The predicted octanol–water partition coefficient (Wildman–Crippen LogP) is -0.0440. The molecule has 0 saturated heterocycles. The fraction of sp³-hybridized carbons (Fsp3) is 0.750. The number of rotatable bonds is 6. The van der Waals surface area contributed by atoms with Crippen LogP contribution in [0, 0.1) is 0 Å². The van der Waals surface area contributed by atoms with Crippen LogP contribution >= 0.6 is 0 Å². The summed E-state index contributed by atoms with van der Waals surface area (Å²) >= 11 is 0. The van der Waals surface area contributed by atoms with Crippen molar-refractivity contribution in [2.24, 2.45) is 0 Å². The second kappa shape index (κ2) is 6.42. The number of carbonyl (C=O) groups excluding carboxylic acids is 1. The van der Waals surface area contributed by atoms with E-state index >= 15 is 0 Å². The number of aliphatic carboxylic acids is 1. The van der Waals surface area contributed by atoms with Gasteiger partial charge in [-0.15, -0.1) is 0 Å². The Morgan fingerprint density at radius 1 is 1.46 bits per heavy atom. The minimum Gasteiger partial charge on any atom is -0.481 e. The number of ether oxygens (including phenoxy) is 1. The minimum atomic E-state index is -1.10. The maximum atomic E-state index is 11.2. The molecule has 0 saturated carbocycles. The van der Waals surface area contributed by atoms with Crippen LogP contribution in [0.5, 0.6) is 0 Å². The Hall–Kier alpha value is -1.10. The number of hydrogen-bond acceptors (Lipinski definition) is 3. The van der Waals surface area contributed by atoms with Crippen LogP contribution < -0.4 is 0 Å². The van der Waals surface area contributed by atoms with Crippen molar-refractivity contribution in [1.82, 2.24) is 4.90 Å². The van der Waals surface area contributed by atoms with E-state index in [0.29, 0.717) is 19.7 Å². The molecule has 13 heavy (non-hydrogen) atoms. The van der Waals surface area contributed by atoms with Crippen molar-refractivity contribution in [2.45, 2.75) is 13.3 Å². The maximum absolute atomic E-state index is 11.2. The van der Waals surface area contributed by atoms with E-state index in [2.05, 4.69) is 0 Å². The van der Waals surface area contributed by atoms with Crippen LogP contribution in [0.2, 0.25) is 0 Å². The van der Waals surface area contributed by atoms with Crippen molar-refractivity contribution in [3.63, 3.8) is 0 Å². The molecule has 0 atom stereocenters. The van der Waals surface area contributed by atoms with E-state index < -0.39 is 12.4 Å². The van der Waals surface area contributed by atoms with Crippen molar-refractivity contribution in [2.75, 3.05) is 26.8 Å². The highest BCUT2D eigenvalue weighted by molar-refractivity contribution is 5.93. The molecule has 0 spiro atoms. The van der Waals surface area contributed by atoms with Crippen LogP contribution in [-0.4, -0.2) is 48.7 Å². The number of carboxylic acids is 1. The zero-order valence-corrected chi connectivity index (χ0v) is 7.95. The molecule has 0 heterocycles. The monoisotopic (exact) mass is 189 g/mol. The van der Waals surface area contributed by atoms with Crippen molar-refractivity contribution in [3.8, 4) is 0 Å². The lowest BCUT2D eigenvalue weighted by molar-refractivity contribution is -0.144. The summed E-state index contributed by atoms with van der Waals surface area (Å²) < 4.78 is 4.79. The number of nitrogens with zero attached hydrogens (tertiary/aromatic N) is 1. The lowest BCUT2D eigenvalue weighted by Crippen LogP contribution is -2.34. The van der Waals surface area contributed by atoms with Gasteiger partial charge in [-0.25, -0.2) is 0 Å². The van der Waals surface area contributed by atoms with Gasteiger partial charge in [0.1, 0.15) is 6.42 Å². The Balaban J connectivity index is 3.91. The molecule has 0 aliphatic carbocycles. The summed E-state index contributed by atoms with van der Waals surface area (Å²) in [6, 6.07) is 0. The number of carboxylic acid groups (broad SMARTS) is 1. The highest BCUT2D eigenvalue weighted by atomic mass is 16.5. The van der Waals surface area contributed by atoms with Crippen LogP contribution in [0.4, 0.5) is 0 Å². The summed E-state index contributed by atoms with van der Waals surface area (Å²) in [5.41, 5.74) is 0. The van der Waals surface area contributed by atoms with E-state index in [1.807, 2.05) is 0 Å². The van der Waals surface area contributed by atoms with E-state index in [4.69, 9.17) is 9.84 Å². The van der Waals surface area contributed by atoms with Gasteiger partial charge in [-0.1, -0.05) is 0 Å². The first-order chi connectivity index (χ1) is 6.11. The number of amides is 1. The molecule has 0 aromatic heterocycles. The highest BCUT2D eigenvalue weighted by Gasteiger charge is 2.14. The summed E-state index contributed by atoms with van der Waals surface area (Å²) in [5, 5.41) is 8.37. The van der Waals surface area contributed by atoms with E-state index in [-0.39, 0.29) is 5.91 Å². The first kappa shape index (κ1) is 11.9. The average Bonchev–Trinajstić information content (AvgIpc) is 2.04. The fourth-order valence-electron chi connectivity index (χ4n) is 0.902. The van der Waals surface area contributed by atoms with Gasteiger partial charge in [0, 0.05) is 20.2 Å². The molecule has 0 rings (SSSR count). The van der Waals surface area contributed by atoms with Crippen LogP contribution in [0.15, 0.2) is 0 Å². The average molecular weight is 189 g/mol. The van der Waals surface area contributed by atoms with Gasteiger partial charge in [-0.05, 0) is 6.92 Å². The lowest BCUT2D eigenvalue weighted by Gasteiger charge is -2.19. The second-order valence-electron chi connectivity index (χ2n) is 2.54. The molecule has 0 bridgehead atoms. The fourth-order valence-corrected chi connectivity index (χ4v) is 0.902. The maximum Gasteiger partial charge on any atom is 0.312 e. The molecule has 0 aliphatic heterocycles. The second-order valence-corrected chi connectivity index (χ2v) is 2.54. The predicted molar refractivity (Wildman–Crippen MR) is 46.4 cm³/mol. The van der Waals surface area contributed by atoms with Crippen LogP contribution in [0.1, 0.15) is 13.3 Å². The summed E-state index contributed by atoms with van der Waals surface area (Å²) in [5.74, 6) is -1.46. The Labute approximate surface area is 77.3 Å². The standard InChI is InChI=1S/C8H15NO4/c1-3-9(4-5-13-2)7(10)6-8(11)12/h3-6H2,1-2H3,(H,11,12). The van der Waals surface area contributed by atoms with Gasteiger partial charge in [0.15, 0.2) is 0 Å². The van der Waals surface area contributed by atoms with Crippen LogP contribution in [-0.2, 0) is 14.3 Å². The third kappa shape index (κ3) is 5.19. The molecule has 0 aliphatic rings. The van der Waals surface area contributed by atoms with Crippen LogP contribution in [0.25, 0.3) is 0 Å². The van der Waals surface area contributed by atoms with Gasteiger partial charge >= 0.3 is 5.97 Å². The number of hydrogen-bond donors (Lipinski definition) is 1. The zero-order valence-electron chi connectivity index (χ0n) is 7.95. The SMILES string of the molecule is CCN(CCOC)C(=O)CC(=O)O. The molecule has 0 radical (unpaired) electrons. The minimum absolute atomic E-state index is 0.368. The number of carbonyl (C=O) groups is 2. The van der Waals surface area contributed by atoms with Crippen molar-refractivity contribution in [3.05, 3.63) is 0 Å². The molecular formula is C8H15NO4. The van der Waals surface area contributed by atoms with Crippen molar-refractivity contribution < 1.29 is 19.4 Å². The Morgan fingerprint density at radius 2 is 2.08 bits per heavy atom. The molecule has 5 nitrogen and oxygen atoms in total. The highest BCUT2D eigenvalue weighted by Crippen LogP contribution is 1.94. The van der Waals surface area contributed by atoms with E-state index in [1.165, 1.54) is 12.0 Å². The third-order valence-corrected chi connectivity index (χ3v) is 1.60. The lowest BCUT2D eigenvalue weighted by atomic mass is 10.3. The van der Waals surface area contributed by atoms with Gasteiger partial charge in [0.25, 0.3) is 0 Å². The molecule has 0 fully saturated rings. The molecule has 0 unspecified atom stereocenters. The summed E-state index contributed by atoms with van der Waals surface area (Å²) in [6.45, 7) is 3.18. The van der Waals surface area contributed by atoms with Crippen molar-refractivity contribution in [1.29, 1.82) is 0 Å². The Kier molecular flexibility index (Phi) is 5.88. The molecule has 1 N–H and O–H groups in total. The van der Waals surface area contributed by atoms with E-state index in [1.54, 1.807) is 6.92 Å². The topological polar surface area (TPSA) is 66.8 Å². The zero-order chi connectivity index (χ0) is 10.3. The van der Waals surface area contributed by atoms with Gasteiger partial charge < -0.3 is 14.7 Å². The molecule has 0 aromatic carbocycles. The smallest absolute Gasteiger partial charge is 0.312 e. The van der Waals surface area contributed by atoms with Gasteiger partial charge in [-0.3, -0.25) is 9.59 Å². The number of methoxy groups -OCH3 is 1. The molecule has 1 amide bonds. The summed E-state index contributed by atoms with van der Waals surface area (Å²) in [6.07, 6.45) is -0.447. The molecule has 76 valence electrons. The number of likely N-dealkylation sites (N-methyl/N-ethyl adjacent to an activating group) is 1. The Bertz CT molecular complexity index is 181. The first-order valence-corrected chi connectivity index (χ1v) is 4.10. The normalized spacial score (nSPS) is 9.69. The third-order valence-electron chi connectivity index (χ3n) is 1.60. The first-order valence-electron chi connectivity index (χ1n) is 4.10. The Morgan fingerprint density at radius 3 is 2.46 bits per heavy atom. The molecule has 5 heteroatoms.